The standard InChI is InChI=1S/C26H37ClN4O3/c1-34-25(33)29-20-12-13-26(18-10-11-22(27)30-23(18)20)16-28-15-19(26)24(32)31-14-6-5-9-21(31)17-7-3-2-4-8-17/h10-11,17,19-21,28H,2-9,12-16H2,1H3,(H,29,33)/t19?,20?,21-,26-/m0/s1. The van der Waals surface area contributed by atoms with Crippen LogP contribution in [0.3, 0.4) is 0 Å². The average Bonchev–Trinajstić information content (AvgIpc) is 3.30. The minimum absolute atomic E-state index is 0.127. The quantitative estimate of drug-likeness (QED) is 0.618. The van der Waals surface area contributed by atoms with E-state index >= 15 is 0 Å². The van der Waals surface area contributed by atoms with Crippen LogP contribution >= 0.6 is 11.6 Å². The number of methoxy groups -OCH3 is 1. The minimum atomic E-state index is -0.477. The number of nitrogens with one attached hydrogen (secondary N) is 2. The molecule has 34 heavy (non-hydrogen) atoms. The fourth-order valence-corrected chi connectivity index (χ4v) is 7.37. The molecule has 1 aromatic heterocycles. The summed E-state index contributed by atoms with van der Waals surface area (Å²) in [5, 5.41) is 6.86. The van der Waals surface area contributed by atoms with Crippen LogP contribution in [0.2, 0.25) is 5.15 Å². The van der Waals surface area contributed by atoms with Gasteiger partial charge in [-0.3, -0.25) is 4.79 Å². The number of likely N-dealkylation sites (tertiary alicyclic amines) is 1. The Morgan fingerprint density at radius 3 is 2.74 bits per heavy atom. The third-order valence-corrected chi connectivity index (χ3v) is 9.10. The second-order valence-electron chi connectivity index (χ2n) is 10.6. The second-order valence-corrected chi connectivity index (χ2v) is 11.0. The molecule has 1 saturated carbocycles. The number of aromatic nitrogens is 1. The normalized spacial score (nSPS) is 31.8. The van der Waals surface area contributed by atoms with E-state index in [1.165, 1.54) is 45.6 Å². The number of ether oxygens (including phenoxy) is 1. The topological polar surface area (TPSA) is 83.6 Å². The van der Waals surface area contributed by atoms with Crippen molar-refractivity contribution in [1.82, 2.24) is 20.5 Å². The van der Waals surface area contributed by atoms with Crippen LogP contribution in [0.15, 0.2) is 12.1 Å². The van der Waals surface area contributed by atoms with Gasteiger partial charge in [-0.2, -0.15) is 0 Å². The van der Waals surface area contributed by atoms with Crippen molar-refractivity contribution in [3.63, 3.8) is 0 Å². The van der Waals surface area contributed by atoms with Crippen LogP contribution in [0.5, 0.6) is 0 Å². The number of alkyl carbamates (subject to hydrolysis) is 1. The maximum atomic E-state index is 14.3. The predicted molar refractivity (Wildman–Crippen MR) is 131 cm³/mol. The van der Waals surface area contributed by atoms with Gasteiger partial charge in [-0.25, -0.2) is 9.78 Å². The molecule has 3 fully saturated rings. The molecule has 1 aromatic rings. The van der Waals surface area contributed by atoms with Gasteiger partial charge in [0.15, 0.2) is 0 Å². The van der Waals surface area contributed by atoms with Crippen LogP contribution in [-0.2, 0) is 14.9 Å². The van der Waals surface area contributed by atoms with Crippen molar-refractivity contribution < 1.29 is 14.3 Å². The minimum Gasteiger partial charge on any atom is -0.453 e. The number of amides is 2. The lowest BCUT2D eigenvalue weighted by atomic mass is 9.64. The molecule has 3 heterocycles. The molecule has 5 rings (SSSR count). The summed E-state index contributed by atoms with van der Waals surface area (Å²) in [6.07, 6.45) is 10.9. The van der Waals surface area contributed by atoms with Gasteiger partial charge in [0.05, 0.1) is 24.8 Å². The summed E-state index contributed by atoms with van der Waals surface area (Å²) in [6.45, 7) is 2.31. The summed E-state index contributed by atoms with van der Waals surface area (Å²) < 4.78 is 4.84. The molecule has 186 valence electrons. The van der Waals surface area contributed by atoms with Crippen LogP contribution < -0.4 is 10.6 Å². The Hall–Kier alpha value is -1.86. The number of pyridine rings is 1. The Balaban J connectivity index is 1.45. The number of hydrogen-bond acceptors (Lipinski definition) is 5. The highest BCUT2D eigenvalue weighted by molar-refractivity contribution is 6.29. The van der Waals surface area contributed by atoms with E-state index in [2.05, 4.69) is 20.5 Å². The van der Waals surface area contributed by atoms with Crippen molar-refractivity contribution >= 4 is 23.6 Å². The number of piperidine rings is 1. The lowest BCUT2D eigenvalue weighted by Gasteiger charge is -2.47. The highest BCUT2D eigenvalue weighted by Gasteiger charge is 2.53. The first-order valence-corrected chi connectivity index (χ1v) is 13.4. The number of rotatable bonds is 3. The SMILES string of the molecule is COC(=O)NC1CC[C@]2(CNCC2C(=O)N2CCCC[C@H]2C2CCCCC2)c2ccc(Cl)nc21. The largest absolute Gasteiger partial charge is 0.453 e. The molecule has 2 aliphatic heterocycles. The highest BCUT2D eigenvalue weighted by atomic mass is 35.5. The average molecular weight is 489 g/mol. The van der Waals surface area contributed by atoms with E-state index in [-0.39, 0.29) is 17.4 Å². The molecular weight excluding hydrogens is 452 g/mol. The number of nitrogens with zero attached hydrogens (tertiary/aromatic N) is 2. The van der Waals surface area contributed by atoms with Gasteiger partial charge in [-0.1, -0.05) is 36.9 Å². The zero-order chi connectivity index (χ0) is 23.7. The first-order chi connectivity index (χ1) is 16.5. The maximum Gasteiger partial charge on any atom is 0.407 e. The van der Waals surface area contributed by atoms with Crippen molar-refractivity contribution in [3.05, 3.63) is 28.5 Å². The summed E-state index contributed by atoms with van der Waals surface area (Å²) in [5.41, 5.74) is 1.49. The van der Waals surface area contributed by atoms with Gasteiger partial charge < -0.3 is 20.3 Å². The Morgan fingerprint density at radius 1 is 1.15 bits per heavy atom. The van der Waals surface area contributed by atoms with Gasteiger partial charge in [0.2, 0.25) is 5.91 Å². The van der Waals surface area contributed by atoms with E-state index in [4.69, 9.17) is 16.3 Å². The summed E-state index contributed by atoms with van der Waals surface area (Å²) >= 11 is 6.29. The first-order valence-electron chi connectivity index (χ1n) is 13.1. The van der Waals surface area contributed by atoms with Crippen molar-refractivity contribution in [3.8, 4) is 0 Å². The Morgan fingerprint density at radius 2 is 1.94 bits per heavy atom. The number of halogens is 1. The van der Waals surface area contributed by atoms with E-state index in [0.717, 1.165) is 43.6 Å². The summed E-state index contributed by atoms with van der Waals surface area (Å²) in [7, 11) is 1.36. The molecule has 8 heteroatoms. The Labute approximate surface area is 207 Å². The van der Waals surface area contributed by atoms with E-state index in [1.807, 2.05) is 12.1 Å². The van der Waals surface area contributed by atoms with Crippen molar-refractivity contribution in [2.75, 3.05) is 26.7 Å². The van der Waals surface area contributed by atoms with E-state index in [1.54, 1.807) is 0 Å². The molecule has 4 aliphatic rings. The smallest absolute Gasteiger partial charge is 0.407 e. The van der Waals surface area contributed by atoms with Crippen LogP contribution in [0, 0.1) is 11.8 Å². The van der Waals surface area contributed by atoms with Crippen LogP contribution in [0.1, 0.15) is 81.5 Å². The van der Waals surface area contributed by atoms with Gasteiger partial charge in [-0.05, 0) is 62.5 Å². The third kappa shape index (κ3) is 4.30. The summed E-state index contributed by atoms with van der Waals surface area (Å²) in [6, 6.07) is 3.96. The number of fused-ring (bicyclic) bond motifs is 2. The lowest BCUT2D eigenvalue weighted by Crippen LogP contribution is -2.54. The van der Waals surface area contributed by atoms with Crippen molar-refractivity contribution in [1.29, 1.82) is 0 Å². The molecule has 1 spiro atoms. The van der Waals surface area contributed by atoms with Crippen LogP contribution in [0.4, 0.5) is 4.79 Å². The van der Waals surface area contributed by atoms with E-state index in [0.29, 0.717) is 36.0 Å². The molecule has 2 aliphatic carbocycles. The van der Waals surface area contributed by atoms with Gasteiger partial charge in [-0.15, -0.1) is 0 Å². The molecule has 0 aromatic carbocycles. The van der Waals surface area contributed by atoms with E-state index in [9.17, 15) is 9.59 Å². The number of carbonyl (C=O) groups excluding carboxylic acids is 2. The molecule has 2 amide bonds. The monoisotopic (exact) mass is 488 g/mol. The number of carbonyl (C=O) groups is 2. The zero-order valence-electron chi connectivity index (χ0n) is 20.2. The van der Waals surface area contributed by atoms with Gasteiger partial charge in [0.1, 0.15) is 5.15 Å². The summed E-state index contributed by atoms with van der Waals surface area (Å²) in [5.74, 6) is 0.828. The highest BCUT2D eigenvalue weighted by Crippen LogP contribution is 2.49. The Kier molecular flexibility index (Phi) is 7.03. The fraction of sp³-hybridized carbons (Fsp3) is 0.731. The lowest BCUT2D eigenvalue weighted by molar-refractivity contribution is -0.142. The molecular formula is C26H37ClN4O3. The maximum absolute atomic E-state index is 14.3. The second kappa shape index (κ2) is 10.0. The molecule has 0 bridgehead atoms. The van der Waals surface area contributed by atoms with Gasteiger partial charge >= 0.3 is 6.09 Å². The van der Waals surface area contributed by atoms with Crippen LogP contribution in [0.25, 0.3) is 0 Å². The Bertz CT molecular complexity index is 921. The molecule has 2 saturated heterocycles. The molecule has 4 atom stereocenters. The molecule has 2 N–H and O–H groups in total. The molecule has 0 radical (unpaired) electrons. The van der Waals surface area contributed by atoms with E-state index < -0.39 is 6.09 Å². The number of hydrogen-bond donors (Lipinski definition) is 2. The van der Waals surface area contributed by atoms with Gasteiger partial charge in [0.25, 0.3) is 0 Å². The van der Waals surface area contributed by atoms with Crippen LogP contribution in [-0.4, -0.2) is 54.7 Å². The first kappa shape index (κ1) is 23.9. The van der Waals surface area contributed by atoms with Gasteiger partial charge in [0, 0.05) is 31.1 Å². The summed E-state index contributed by atoms with van der Waals surface area (Å²) in [4.78, 5) is 33.1. The fourth-order valence-electron chi connectivity index (χ4n) is 7.22. The van der Waals surface area contributed by atoms with Crippen molar-refractivity contribution in [2.45, 2.75) is 81.7 Å². The third-order valence-electron chi connectivity index (χ3n) is 8.89. The van der Waals surface area contributed by atoms with Crippen molar-refractivity contribution in [2.24, 2.45) is 11.8 Å². The molecule has 2 unspecified atom stereocenters. The zero-order valence-corrected chi connectivity index (χ0v) is 20.9. The molecule has 7 nitrogen and oxygen atoms in total. The predicted octanol–water partition coefficient (Wildman–Crippen LogP) is 4.34.